The van der Waals surface area contributed by atoms with Crippen LogP contribution in [0.2, 0.25) is 0 Å². The van der Waals surface area contributed by atoms with Crippen LogP contribution in [0.1, 0.15) is 22.3 Å². The molecular formula is C18H18N2O2S. The van der Waals surface area contributed by atoms with Crippen molar-refractivity contribution in [3.05, 3.63) is 59.7 Å². The highest BCUT2D eigenvalue weighted by molar-refractivity contribution is 7.99. The Morgan fingerprint density at radius 3 is 2.83 bits per heavy atom. The molecule has 1 heterocycles. The molecule has 2 N–H and O–H groups in total. The number of carbonyl (C=O) groups is 2. The number of fused-ring (bicyclic) bond motifs is 1. The van der Waals surface area contributed by atoms with Crippen LogP contribution in [-0.2, 0) is 11.2 Å². The van der Waals surface area contributed by atoms with Crippen LogP contribution in [-0.4, -0.2) is 24.1 Å². The number of hydrogen-bond donors (Lipinski definition) is 2. The maximum atomic E-state index is 12.3. The molecule has 0 aliphatic carbocycles. The van der Waals surface area contributed by atoms with Crippen LogP contribution in [0, 0.1) is 0 Å². The van der Waals surface area contributed by atoms with Crippen molar-refractivity contribution in [3.63, 3.8) is 0 Å². The Bertz CT molecular complexity index is 716. The van der Waals surface area contributed by atoms with Gasteiger partial charge in [0.2, 0.25) is 5.91 Å². The molecule has 2 aromatic rings. The van der Waals surface area contributed by atoms with Gasteiger partial charge in [0.25, 0.3) is 5.91 Å². The molecule has 0 atom stereocenters. The standard InChI is InChI=1S/C18H18N2O2S/c21-17-9-11-23-16-7-6-14(12-15(16)20-17)18(22)19-10-8-13-4-2-1-3-5-13/h1-7,12H,8-11H2,(H,19,22)(H,20,21). The second-order valence-electron chi connectivity index (χ2n) is 5.35. The fourth-order valence-electron chi connectivity index (χ4n) is 2.43. The van der Waals surface area contributed by atoms with E-state index in [1.165, 1.54) is 5.56 Å². The highest BCUT2D eigenvalue weighted by Gasteiger charge is 2.15. The lowest BCUT2D eigenvalue weighted by Crippen LogP contribution is -2.25. The van der Waals surface area contributed by atoms with Gasteiger partial charge >= 0.3 is 0 Å². The minimum atomic E-state index is -0.118. The summed E-state index contributed by atoms with van der Waals surface area (Å²) >= 11 is 1.63. The molecule has 0 spiro atoms. The molecular weight excluding hydrogens is 308 g/mol. The normalized spacial score (nSPS) is 13.7. The van der Waals surface area contributed by atoms with Crippen molar-refractivity contribution in [1.82, 2.24) is 5.32 Å². The fourth-order valence-corrected chi connectivity index (χ4v) is 3.37. The van der Waals surface area contributed by atoms with E-state index < -0.39 is 0 Å². The van der Waals surface area contributed by atoms with Gasteiger partial charge in [-0.25, -0.2) is 0 Å². The molecule has 1 aliphatic rings. The lowest BCUT2D eigenvalue weighted by atomic mass is 10.1. The maximum Gasteiger partial charge on any atom is 0.251 e. The first-order chi connectivity index (χ1) is 11.2. The van der Waals surface area contributed by atoms with Gasteiger partial charge in [-0.2, -0.15) is 0 Å². The number of hydrogen-bond acceptors (Lipinski definition) is 3. The molecule has 2 aromatic carbocycles. The van der Waals surface area contributed by atoms with E-state index >= 15 is 0 Å². The number of anilines is 1. The summed E-state index contributed by atoms with van der Waals surface area (Å²) in [6, 6.07) is 15.5. The summed E-state index contributed by atoms with van der Waals surface area (Å²) < 4.78 is 0. The summed E-state index contributed by atoms with van der Waals surface area (Å²) in [6.45, 7) is 0.584. The summed E-state index contributed by atoms with van der Waals surface area (Å²) in [5.74, 6) is 0.645. The quantitative estimate of drug-likeness (QED) is 0.908. The van der Waals surface area contributed by atoms with Gasteiger partial charge in [-0.1, -0.05) is 30.3 Å². The molecule has 118 valence electrons. The van der Waals surface area contributed by atoms with Crippen molar-refractivity contribution in [3.8, 4) is 0 Å². The predicted molar refractivity (Wildman–Crippen MR) is 92.9 cm³/mol. The zero-order valence-corrected chi connectivity index (χ0v) is 13.5. The van der Waals surface area contributed by atoms with Crippen LogP contribution in [0.25, 0.3) is 0 Å². The highest BCUT2D eigenvalue weighted by Crippen LogP contribution is 2.31. The molecule has 0 saturated carbocycles. The Balaban J connectivity index is 1.62. The van der Waals surface area contributed by atoms with E-state index in [4.69, 9.17) is 0 Å². The average molecular weight is 326 g/mol. The lowest BCUT2D eigenvalue weighted by molar-refractivity contribution is -0.115. The van der Waals surface area contributed by atoms with E-state index in [1.807, 2.05) is 36.4 Å². The predicted octanol–water partition coefficient (Wildman–Crippen LogP) is 3.09. The Kier molecular flexibility index (Phi) is 4.98. The minimum Gasteiger partial charge on any atom is -0.352 e. The Labute approximate surface area is 139 Å². The van der Waals surface area contributed by atoms with E-state index in [1.54, 1.807) is 23.9 Å². The molecule has 1 aliphatic heterocycles. The van der Waals surface area contributed by atoms with E-state index in [-0.39, 0.29) is 11.8 Å². The third-order valence-electron chi connectivity index (χ3n) is 3.64. The Morgan fingerprint density at radius 2 is 2.00 bits per heavy atom. The zero-order valence-electron chi connectivity index (χ0n) is 12.7. The van der Waals surface area contributed by atoms with Crippen LogP contribution in [0.4, 0.5) is 5.69 Å². The third-order valence-corrected chi connectivity index (χ3v) is 4.72. The van der Waals surface area contributed by atoms with E-state index in [0.717, 1.165) is 22.8 Å². The van der Waals surface area contributed by atoms with Gasteiger partial charge < -0.3 is 10.6 Å². The van der Waals surface area contributed by atoms with Crippen molar-refractivity contribution in [2.24, 2.45) is 0 Å². The maximum absolute atomic E-state index is 12.3. The number of carbonyl (C=O) groups excluding carboxylic acids is 2. The third kappa shape index (κ3) is 4.13. The van der Waals surface area contributed by atoms with Crippen LogP contribution in [0.15, 0.2) is 53.4 Å². The SMILES string of the molecule is O=C1CCSc2ccc(C(=O)NCCc3ccccc3)cc2N1. The molecule has 0 saturated heterocycles. The van der Waals surface area contributed by atoms with Gasteiger partial charge in [0.1, 0.15) is 0 Å². The van der Waals surface area contributed by atoms with Gasteiger partial charge in [0.15, 0.2) is 0 Å². The van der Waals surface area contributed by atoms with Crippen LogP contribution >= 0.6 is 11.8 Å². The largest absolute Gasteiger partial charge is 0.352 e. The van der Waals surface area contributed by atoms with Crippen molar-refractivity contribution < 1.29 is 9.59 Å². The number of benzene rings is 2. The van der Waals surface area contributed by atoms with E-state index in [0.29, 0.717) is 18.5 Å². The van der Waals surface area contributed by atoms with Crippen LogP contribution in [0.5, 0.6) is 0 Å². The molecule has 0 bridgehead atoms. The first-order valence-corrected chi connectivity index (χ1v) is 8.60. The van der Waals surface area contributed by atoms with Crippen LogP contribution < -0.4 is 10.6 Å². The zero-order chi connectivity index (χ0) is 16.1. The Morgan fingerprint density at radius 1 is 1.17 bits per heavy atom. The highest BCUT2D eigenvalue weighted by atomic mass is 32.2. The van der Waals surface area contributed by atoms with Crippen molar-refractivity contribution in [2.45, 2.75) is 17.7 Å². The monoisotopic (exact) mass is 326 g/mol. The molecule has 0 fully saturated rings. The summed E-state index contributed by atoms with van der Waals surface area (Å²) in [5.41, 5.74) is 2.49. The molecule has 4 nitrogen and oxygen atoms in total. The number of rotatable bonds is 4. The first-order valence-electron chi connectivity index (χ1n) is 7.61. The topological polar surface area (TPSA) is 58.2 Å². The lowest BCUT2D eigenvalue weighted by Gasteiger charge is -2.10. The number of thioether (sulfide) groups is 1. The summed E-state index contributed by atoms with van der Waals surface area (Å²) in [6.07, 6.45) is 1.29. The summed E-state index contributed by atoms with van der Waals surface area (Å²) in [4.78, 5) is 24.9. The molecule has 0 radical (unpaired) electrons. The van der Waals surface area contributed by atoms with Crippen molar-refractivity contribution >= 4 is 29.3 Å². The molecule has 3 rings (SSSR count). The number of amides is 2. The molecule has 0 aromatic heterocycles. The van der Waals surface area contributed by atoms with Gasteiger partial charge in [-0.05, 0) is 30.2 Å². The van der Waals surface area contributed by atoms with Gasteiger partial charge in [-0.15, -0.1) is 11.8 Å². The van der Waals surface area contributed by atoms with Gasteiger partial charge in [-0.3, -0.25) is 9.59 Å². The first kappa shape index (κ1) is 15.6. The van der Waals surface area contributed by atoms with Crippen molar-refractivity contribution in [2.75, 3.05) is 17.6 Å². The second-order valence-corrected chi connectivity index (χ2v) is 6.49. The van der Waals surface area contributed by atoms with Gasteiger partial charge in [0.05, 0.1) is 5.69 Å². The summed E-state index contributed by atoms with van der Waals surface area (Å²) in [5, 5.41) is 5.78. The molecule has 0 unspecified atom stereocenters. The Hall–Kier alpha value is -2.27. The molecule has 5 heteroatoms. The fraction of sp³-hybridized carbons (Fsp3) is 0.222. The van der Waals surface area contributed by atoms with Crippen LogP contribution in [0.3, 0.4) is 0 Å². The smallest absolute Gasteiger partial charge is 0.251 e. The van der Waals surface area contributed by atoms with E-state index in [9.17, 15) is 9.59 Å². The molecule has 23 heavy (non-hydrogen) atoms. The average Bonchev–Trinajstić information content (AvgIpc) is 2.75. The van der Waals surface area contributed by atoms with Gasteiger partial charge in [0, 0.05) is 29.2 Å². The minimum absolute atomic E-state index is 0.00196. The van der Waals surface area contributed by atoms with E-state index in [2.05, 4.69) is 10.6 Å². The second kappa shape index (κ2) is 7.33. The summed E-state index contributed by atoms with van der Waals surface area (Å²) in [7, 11) is 0. The van der Waals surface area contributed by atoms with Crippen molar-refractivity contribution in [1.29, 1.82) is 0 Å². The molecule has 2 amide bonds. The number of nitrogens with one attached hydrogen (secondary N) is 2.